The van der Waals surface area contributed by atoms with Crippen molar-refractivity contribution in [2.45, 2.75) is 13.2 Å². The van der Waals surface area contributed by atoms with E-state index in [0.717, 1.165) is 11.3 Å². The second-order valence-corrected chi connectivity index (χ2v) is 5.80. The lowest BCUT2D eigenvalue weighted by molar-refractivity contribution is -0.384. The average Bonchev–Trinajstić information content (AvgIpc) is 2.72. The summed E-state index contributed by atoms with van der Waals surface area (Å²) in [4.78, 5) is 22.3. The lowest BCUT2D eigenvalue weighted by atomic mass is 10.1. The summed E-state index contributed by atoms with van der Waals surface area (Å²) in [6.45, 7) is 0.456. The maximum Gasteiger partial charge on any atom is 0.338 e. The Labute approximate surface area is 156 Å². The van der Waals surface area contributed by atoms with E-state index in [4.69, 9.17) is 9.47 Å². The molecule has 0 amide bonds. The molecule has 136 valence electrons. The van der Waals surface area contributed by atoms with Crippen LogP contribution >= 0.6 is 0 Å². The van der Waals surface area contributed by atoms with Crippen LogP contribution in [0.25, 0.3) is 0 Å². The van der Waals surface area contributed by atoms with Gasteiger partial charge in [-0.15, -0.1) is 0 Å². The molecule has 0 aromatic heterocycles. The number of carbonyl (C=O) groups excluding carboxylic acids is 1. The summed E-state index contributed by atoms with van der Waals surface area (Å²) in [5, 5.41) is 10.6. The van der Waals surface area contributed by atoms with E-state index in [0.29, 0.717) is 17.7 Å². The number of hydrogen-bond donors (Lipinski definition) is 0. The lowest BCUT2D eigenvalue weighted by Gasteiger charge is -2.08. The molecule has 0 atom stereocenters. The van der Waals surface area contributed by atoms with E-state index >= 15 is 0 Å². The molecule has 3 aromatic carbocycles. The number of carbonyl (C=O) groups is 1. The molecule has 0 radical (unpaired) electrons. The fourth-order valence-electron chi connectivity index (χ4n) is 2.37. The second-order valence-electron chi connectivity index (χ2n) is 5.80. The maximum absolute atomic E-state index is 12.1. The number of para-hydroxylation sites is 1. The lowest BCUT2D eigenvalue weighted by Crippen LogP contribution is -2.05. The number of ether oxygens (including phenoxy) is 2. The molecule has 0 saturated carbocycles. The molecule has 0 fully saturated rings. The molecule has 6 nitrogen and oxygen atoms in total. The fourth-order valence-corrected chi connectivity index (χ4v) is 2.37. The van der Waals surface area contributed by atoms with Gasteiger partial charge in [0, 0.05) is 12.1 Å². The van der Waals surface area contributed by atoms with Gasteiger partial charge in [-0.25, -0.2) is 4.79 Å². The molecule has 27 heavy (non-hydrogen) atoms. The minimum Gasteiger partial charge on any atom is -0.489 e. The summed E-state index contributed by atoms with van der Waals surface area (Å²) in [5.41, 5.74) is 2.05. The summed E-state index contributed by atoms with van der Waals surface area (Å²) in [5.74, 6) is 0.327. The highest BCUT2D eigenvalue weighted by molar-refractivity contribution is 5.89. The van der Waals surface area contributed by atoms with Crippen LogP contribution in [0.4, 0.5) is 5.69 Å². The van der Waals surface area contributed by atoms with Crippen LogP contribution in [0.5, 0.6) is 5.75 Å². The highest BCUT2D eigenvalue weighted by Crippen LogP contribution is 2.15. The molecule has 0 saturated heterocycles. The zero-order chi connectivity index (χ0) is 19.1. The average molecular weight is 363 g/mol. The Hall–Kier alpha value is -3.67. The standard InChI is InChI=1S/C21H17NO5/c23-21(27-15-17-8-12-19(13-9-17)22(24)25)18-10-6-16(7-11-18)14-26-20-4-2-1-3-5-20/h1-13H,14-15H2. The summed E-state index contributed by atoms with van der Waals surface area (Å²) in [6, 6.07) is 22.4. The van der Waals surface area contributed by atoms with Crippen LogP contribution in [0.2, 0.25) is 0 Å². The van der Waals surface area contributed by atoms with Crippen molar-refractivity contribution >= 4 is 11.7 Å². The summed E-state index contributed by atoms with van der Waals surface area (Å²) in [7, 11) is 0. The van der Waals surface area contributed by atoms with Crippen LogP contribution < -0.4 is 4.74 Å². The minimum atomic E-state index is -0.473. The van der Waals surface area contributed by atoms with E-state index in [1.807, 2.05) is 42.5 Å². The zero-order valence-corrected chi connectivity index (χ0v) is 14.4. The maximum atomic E-state index is 12.1. The van der Waals surface area contributed by atoms with Gasteiger partial charge in [0.2, 0.25) is 0 Å². The second kappa shape index (κ2) is 8.62. The predicted molar refractivity (Wildman–Crippen MR) is 99.4 cm³/mol. The summed E-state index contributed by atoms with van der Waals surface area (Å²) >= 11 is 0. The highest BCUT2D eigenvalue weighted by atomic mass is 16.6. The third kappa shape index (κ3) is 5.15. The first-order chi connectivity index (χ1) is 13.1. The Morgan fingerprint density at radius 1 is 0.815 bits per heavy atom. The zero-order valence-electron chi connectivity index (χ0n) is 14.4. The Kier molecular flexibility index (Phi) is 5.79. The van der Waals surface area contributed by atoms with E-state index < -0.39 is 10.9 Å². The van der Waals surface area contributed by atoms with Gasteiger partial charge in [-0.3, -0.25) is 10.1 Å². The van der Waals surface area contributed by atoms with Crippen LogP contribution in [0, 0.1) is 10.1 Å². The van der Waals surface area contributed by atoms with Crippen molar-refractivity contribution < 1.29 is 19.2 Å². The molecule has 3 rings (SSSR count). The van der Waals surface area contributed by atoms with Crippen molar-refractivity contribution in [2.75, 3.05) is 0 Å². The first-order valence-electron chi connectivity index (χ1n) is 8.29. The van der Waals surface area contributed by atoms with Crippen molar-refractivity contribution in [1.29, 1.82) is 0 Å². The Bertz CT molecular complexity index is 906. The van der Waals surface area contributed by atoms with Gasteiger partial charge in [0.1, 0.15) is 19.0 Å². The molecular formula is C21H17NO5. The largest absolute Gasteiger partial charge is 0.489 e. The van der Waals surface area contributed by atoms with E-state index in [9.17, 15) is 14.9 Å². The quantitative estimate of drug-likeness (QED) is 0.350. The Morgan fingerprint density at radius 2 is 1.41 bits per heavy atom. The van der Waals surface area contributed by atoms with Gasteiger partial charge in [0.25, 0.3) is 5.69 Å². The number of nitro groups is 1. The van der Waals surface area contributed by atoms with Crippen LogP contribution in [0.15, 0.2) is 78.9 Å². The van der Waals surface area contributed by atoms with Crippen LogP contribution in [0.1, 0.15) is 21.5 Å². The number of esters is 1. The van der Waals surface area contributed by atoms with Crippen LogP contribution in [-0.2, 0) is 18.0 Å². The van der Waals surface area contributed by atoms with Gasteiger partial charge < -0.3 is 9.47 Å². The molecule has 0 aliphatic rings. The SMILES string of the molecule is O=C(OCc1ccc([N+](=O)[O-])cc1)c1ccc(COc2ccccc2)cc1. The number of rotatable bonds is 7. The van der Waals surface area contributed by atoms with Crippen LogP contribution in [-0.4, -0.2) is 10.9 Å². The van der Waals surface area contributed by atoms with Crippen molar-refractivity contribution in [3.8, 4) is 5.75 Å². The third-order valence-electron chi connectivity index (χ3n) is 3.86. The van der Waals surface area contributed by atoms with E-state index in [-0.39, 0.29) is 12.3 Å². The first-order valence-corrected chi connectivity index (χ1v) is 8.29. The molecule has 0 bridgehead atoms. The molecule has 0 unspecified atom stereocenters. The van der Waals surface area contributed by atoms with E-state index in [1.165, 1.54) is 12.1 Å². The molecule has 0 aliphatic carbocycles. The molecule has 6 heteroatoms. The highest BCUT2D eigenvalue weighted by Gasteiger charge is 2.09. The monoisotopic (exact) mass is 363 g/mol. The molecule has 0 aliphatic heterocycles. The van der Waals surface area contributed by atoms with Gasteiger partial charge in [-0.2, -0.15) is 0 Å². The number of nitro benzene ring substituents is 1. The van der Waals surface area contributed by atoms with Crippen LogP contribution in [0.3, 0.4) is 0 Å². The summed E-state index contributed by atoms with van der Waals surface area (Å²) < 4.78 is 10.9. The number of nitrogens with zero attached hydrogens (tertiary/aromatic N) is 1. The molecule has 3 aromatic rings. The van der Waals surface area contributed by atoms with Gasteiger partial charge in [-0.05, 0) is 47.5 Å². The van der Waals surface area contributed by atoms with Crippen molar-refractivity contribution in [2.24, 2.45) is 0 Å². The topological polar surface area (TPSA) is 78.7 Å². The first kappa shape index (κ1) is 18.1. The normalized spacial score (nSPS) is 10.2. The fraction of sp³-hybridized carbons (Fsp3) is 0.0952. The predicted octanol–water partition coefficient (Wildman–Crippen LogP) is 4.53. The van der Waals surface area contributed by atoms with Crippen molar-refractivity contribution in [1.82, 2.24) is 0 Å². The van der Waals surface area contributed by atoms with Crippen molar-refractivity contribution in [3.05, 3.63) is 106 Å². The summed E-state index contributed by atoms with van der Waals surface area (Å²) in [6.07, 6.45) is 0. The van der Waals surface area contributed by atoms with Gasteiger partial charge in [0.15, 0.2) is 0 Å². The van der Waals surface area contributed by atoms with Gasteiger partial charge in [0.05, 0.1) is 10.5 Å². The van der Waals surface area contributed by atoms with Gasteiger partial charge in [-0.1, -0.05) is 30.3 Å². The molecular weight excluding hydrogens is 346 g/mol. The Balaban J connectivity index is 1.51. The smallest absolute Gasteiger partial charge is 0.338 e. The number of benzene rings is 3. The Morgan fingerprint density at radius 3 is 2.04 bits per heavy atom. The molecule has 0 N–H and O–H groups in total. The minimum absolute atomic E-state index is 0.00149. The van der Waals surface area contributed by atoms with E-state index in [2.05, 4.69) is 0 Å². The number of hydrogen-bond acceptors (Lipinski definition) is 5. The third-order valence-corrected chi connectivity index (χ3v) is 3.86. The van der Waals surface area contributed by atoms with Crippen molar-refractivity contribution in [3.63, 3.8) is 0 Å². The van der Waals surface area contributed by atoms with Gasteiger partial charge >= 0.3 is 5.97 Å². The molecule has 0 spiro atoms. The number of non-ortho nitro benzene ring substituents is 1. The molecule has 0 heterocycles. The van der Waals surface area contributed by atoms with E-state index in [1.54, 1.807) is 24.3 Å².